The highest BCUT2D eigenvalue weighted by molar-refractivity contribution is 5.79. The van der Waals surface area contributed by atoms with E-state index in [4.69, 9.17) is 9.84 Å². The van der Waals surface area contributed by atoms with E-state index in [0.717, 1.165) is 28.2 Å². The van der Waals surface area contributed by atoms with Gasteiger partial charge in [0.05, 0.1) is 6.54 Å². The molecule has 0 bridgehead atoms. The lowest BCUT2D eigenvalue weighted by Gasteiger charge is -2.11. The second-order valence-electron chi connectivity index (χ2n) is 6.76. The molecule has 0 radical (unpaired) electrons. The molecular formula is C26H23NO3. The third-order valence-electron chi connectivity index (χ3n) is 4.27. The summed E-state index contributed by atoms with van der Waals surface area (Å²) < 4.78 is 5.81. The quantitative estimate of drug-likeness (QED) is 0.574. The first-order valence-electron chi connectivity index (χ1n) is 9.61. The van der Waals surface area contributed by atoms with Crippen LogP contribution in [0.3, 0.4) is 0 Å². The topological polar surface area (TPSA) is 49.8 Å². The maximum absolute atomic E-state index is 10.9. The van der Waals surface area contributed by atoms with Gasteiger partial charge in [0.25, 0.3) is 0 Å². The number of hydrogen-bond donors (Lipinski definition) is 1. The van der Waals surface area contributed by atoms with Gasteiger partial charge in [0.1, 0.15) is 11.5 Å². The first-order valence-corrected chi connectivity index (χ1v) is 9.61. The molecule has 0 aliphatic carbocycles. The second kappa shape index (κ2) is 10.7. The molecule has 0 amide bonds. The van der Waals surface area contributed by atoms with Crippen LogP contribution in [-0.4, -0.2) is 36.1 Å². The van der Waals surface area contributed by atoms with Gasteiger partial charge in [-0.2, -0.15) is 0 Å². The van der Waals surface area contributed by atoms with Gasteiger partial charge >= 0.3 is 5.97 Å². The maximum atomic E-state index is 10.9. The van der Waals surface area contributed by atoms with Crippen LogP contribution in [0.25, 0.3) is 5.57 Å². The summed E-state index contributed by atoms with van der Waals surface area (Å²) in [6.45, 7) is 0.476. The first-order chi connectivity index (χ1) is 14.6. The van der Waals surface area contributed by atoms with E-state index in [1.54, 1.807) is 11.9 Å². The van der Waals surface area contributed by atoms with Gasteiger partial charge in [0.2, 0.25) is 0 Å². The molecule has 0 aliphatic heterocycles. The van der Waals surface area contributed by atoms with E-state index in [0.29, 0.717) is 6.54 Å². The van der Waals surface area contributed by atoms with Crippen molar-refractivity contribution in [2.45, 2.75) is 0 Å². The predicted octanol–water partition coefficient (Wildman–Crippen LogP) is 4.93. The standard InChI is InChI=1S/C26H23NO3/c1-27(20-26(28)29)19-18-23(22-8-4-2-5-9-22)15-12-21-13-16-25(17-14-21)30-24-10-6-3-7-11-24/h2-11,13-14,16-18H,19-20H2,1H3,(H,28,29)/b23-18-. The Labute approximate surface area is 177 Å². The van der Waals surface area contributed by atoms with E-state index >= 15 is 0 Å². The Balaban J connectivity index is 1.75. The van der Waals surface area contributed by atoms with E-state index in [-0.39, 0.29) is 6.54 Å². The number of benzene rings is 3. The number of hydrogen-bond acceptors (Lipinski definition) is 3. The van der Waals surface area contributed by atoms with Crippen molar-refractivity contribution in [3.8, 4) is 23.3 Å². The van der Waals surface area contributed by atoms with Crippen molar-refractivity contribution in [3.05, 3.63) is 102 Å². The fourth-order valence-electron chi connectivity index (χ4n) is 2.77. The van der Waals surface area contributed by atoms with Gasteiger partial charge < -0.3 is 9.84 Å². The van der Waals surface area contributed by atoms with E-state index in [1.165, 1.54) is 0 Å². The average molecular weight is 397 g/mol. The number of rotatable bonds is 7. The monoisotopic (exact) mass is 397 g/mol. The number of carboxylic acid groups (broad SMARTS) is 1. The number of para-hydroxylation sites is 1. The Hall–Kier alpha value is -3.81. The predicted molar refractivity (Wildman–Crippen MR) is 119 cm³/mol. The van der Waals surface area contributed by atoms with Gasteiger partial charge in [-0.15, -0.1) is 0 Å². The molecule has 0 saturated carbocycles. The summed E-state index contributed by atoms with van der Waals surface area (Å²) >= 11 is 0. The van der Waals surface area contributed by atoms with Crippen molar-refractivity contribution in [3.63, 3.8) is 0 Å². The molecule has 3 aromatic rings. The minimum Gasteiger partial charge on any atom is -0.480 e. The molecule has 0 saturated heterocycles. The van der Waals surface area contributed by atoms with Crippen molar-refractivity contribution in [1.29, 1.82) is 0 Å². The van der Waals surface area contributed by atoms with Gasteiger partial charge in [-0.25, -0.2) is 0 Å². The van der Waals surface area contributed by atoms with Crippen LogP contribution in [0.15, 0.2) is 91.0 Å². The molecule has 0 spiro atoms. The highest BCUT2D eigenvalue weighted by Crippen LogP contribution is 2.21. The minimum atomic E-state index is -0.851. The number of nitrogens with zero attached hydrogens (tertiary/aromatic N) is 1. The van der Waals surface area contributed by atoms with Gasteiger partial charge in [0.15, 0.2) is 0 Å². The molecule has 4 heteroatoms. The fourth-order valence-corrected chi connectivity index (χ4v) is 2.77. The normalized spacial score (nSPS) is 10.9. The van der Waals surface area contributed by atoms with E-state index < -0.39 is 5.97 Å². The van der Waals surface area contributed by atoms with E-state index in [2.05, 4.69) is 11.8 Å². The lowest BCUT2D eigenvalue weighted by atomic mass is 10.1. The molecule has 3 rings (SSSR count). The highest BCUT2D eigenvalue weighted by Gasteiger charge is 2.04. The Bertz CT molecular complexity index is 1050. The lowest BCUT2D eigenvalue weighted by molar-refractivity contribution is -0.137. The molecule has 0 atom stereocenters. The summed E-state index contributed by atoms with van der Waals surface area (Å²) in [4.78, 5) is 12.6. The van der Waals surface area contributed by atoms with Crippen LogP contribution in [0.1, 0.15) is 11.1 Å². The highest BCUT2D eigenvalue weighted by atomic mass is 16.5. The molecule has 150 valence electrons. The number of carbonyl (C=O) groups is 1. The zero-order chi connectivity index (χ0) is 21.2. The molecule has 30 heavy (non-hydrogen) atoms. The SMILES string of the molecule is CN(C/C=C(/C#Cc1ccc(Oc2ccccc2)cc1)c1ccccc1)CC(=O)O. The van der Waals surface area contributed by atoms with Crippen molar-refractivity contribution in [2.24, 2.45) is 0 Å². The Morgan fingerprint density at radius 1 is 0.933 bits per heavy atom. The van der Waals surface area contributed by atoms with Gasteiger partial charge in [-0.1, -0.05) is 66.4 Å². The number of ether oxygens (including phenoxy) is 1. The second-order valence-corrected chi connectivity index (χ2v) is 6.76. The third-order valence-corrected chi connectivity index (χ3v) is 4.27. The Morgan fingerprint density at radius 3 is 2.17 bits per heavy atom. The van der Waals surface area contributed by atoms with Gasteiger partial charge in [-0.05, 0) is 49.0 Å². The molecule has 0 unspecified atom stereocenters. The Morgan fingerprint density at radius 2 is 1.53 bits per heavy atom. The van der Waals surface area contributed by atoms with Crippen LogP contribution in [0, 0.1) is 11.8 Å². The van der Waals surface area contributed by atoms with Gasteiger partial charge in [0, 0.05) is 17.7 Å². The fraction of sp³-hybridized carbons (Fsp3) is 0.115. The summed E-state index contributed by atoms with van der Waals surface area (Å²) in [6.07, 6.45) is 1.96. The lowest BCUT2D eigenvalue weighted by Crippen LogP contribution is -2.25. The van der Waals surface area contributed by atoms with Crippen LogP contribution >= 0.6 is 0 Å². The molecule has 0 aromatic heterocycles. The molecule has 4 nitrogen and oxygen atoms in total. The smallest absolute Gasteiger partial charge is 0.317 e. The number of allylic oxidation sites excluding steroid dienone is 1. The number of carboxylic acids is 1. The molecule has 0 fully saturated rings. The first kappa shape index (κ1) is 20.9. The van der Waals surface area contributed by atoms with Crippen molar-refractivity contribution in [2.75, 3.05) is 20.1 Å². The Kier molecular flexibility index (Phi) is 7.43. The largest absolute Gasteiger partial charge is 0.480 e. The van der Waals surface area contributed by atoms with E-state index in [1.807, 2.05) is 91.0 Å². The zero-order valence-corrected chi connectivity index (χ0v) is 16.8. The summed E-state index contributed by atoms with van der Waals surface area (Å²) in [7, 11) is 1.77. The van der Waals surface area contributed by atoms with Crippen molar-refractivity contribution in [1.82, 2.24) is 4.90 Å². The summed E-state index contributed by atoms with van der Waals surface area (Å²) in [5.41, 5.74) is 2.73. The summed E-state index contributed by atoms with van der Waals surface area (Å²) in [6, 6.07) is 27.1. The average Bonchev–Trinajstić information content (AvgIpc) is 2.76. The van der Waals surface area contributed by atoms with Crippen molar-refractivity contribution >= 4 is 11.5 Å². The van der Waals surface area contributed by atoms with Crippen molar-refractivity contribution < 1.29 is 14.6 Å². The molecule has 0 aliphatic rings. The van der Waals surface area contributed by atoms with Crippen LogP contribution < -0.4 is 4.74 Å². The summed E-state index contributed by atoms with van der Waals surface area (Å²) in [5.74, 6) is 7.10. The van der Waals surface area contributed by atoms with E-state index in [9.17, 15) is 4.79 Å². The minimum absolute atomic E-state index is 0.0190. The molecule has 3 aromatic carbocycles. The maximum Gasteiger partial charge on any atom is 0.317 e. The van der Waals surface area contributed by atoms with Crippen LogP contribution in [0.2, 0.25) is 0 Å². The third kappa shape index (κ3) is 6.66. The molecule has 1 N–H and O–H groups in total. The number of likely N-dealkylation sites (N-methyl/N-ethyl adjacent to an activating group) is 1. The van der Waals surface area contributed by atoms with Gasteiger partial charge in [-0.3, -0.25) is 9.69 Å². The van der Waals surface area contributed by atoms with Crippen LogP contribution in [0.4, 0.5) is 0 Å². The zero-order valence-electron chi connectivity index (χ0n) is 16.8. The molecular weight excluding hydrogens is 374 g/mol. The van der Waals surface area contributed by atoms with Crippen LogP contribution in [0.5, 0.6) is 11.5 Å². The number of aliphatic carboxylic acids is 1. The van der Waals surface area contributed by atoms with Crippen LogP contribution in [-0.2, 0) is 4.79 Å². The molecule has 0 heterocycles. The summed E-state index contributed by atoms with van der Waals surface area (Å²) in [5, 5.41) is 8.93.